The SMILES string of the molecule is Cc1ccc(CC(NC(=O)Cc2csc(N3CCCNC3=O)n2)c2ccccn2)cc1. The van der Waals surface area contributed by atoms with Crippen LogP contribution >= 0.6 is 11.3 Å². The number of rotatable bonds is 7. The van der Waals surface area contributed by atoms with E-state index in [0.717, 1.165) is 17.7 Å². The third kappa shape index (κ3) is 5.46. The van der Waals surface area contributed by atoms with E-state index in [4.69, 9.17) is 0 Å². The van der Waals surface area contributed by atoms with Crippen molar-refractivity contribution < 1.29 is 9.59 Å². The van der Waals surface area contributed by atoms with Crippen molar-refractivity contribution in [2.75, 3.05) is 18.0 Å². The van der Waals surface area contributed by atoms with Crippen LogP contribution in [0.3, 0.4) is 0 Å². The Morgan fingerprint density at radius 1 is 1.26 bits per heavy atom. The van der Waals surface area contributed by atoms with Gasteiger partial charge >= 0.3 is 6.03 Å². The van der Waals surface area contributed by atoms with Crippen molar-refractivity contribution >= 4 is 28.4 Å². The van der Waals surface area contributed by atoms with Crippen LogP contribution in [0, 0.1) is 6.92 Å². The van der Waals surface area contributed by atoms with Gasteiger partial charge in [-0.1, -0.05) is 35.9 Å². The first-order chi connectivity index (χ1) is 15.1. The predicted octanol–water partition coefficient (Wildman–Crippen LogP) is 3.41. The molecule has 3 heterocycles. The fourth-order valence-electron chi connectivity index (χ4n) is 3.49. The van der Waals surface area contributed by atoms with E-state index in [1.807, 2.05) is 23.6 Å². The first-order valence-electron chi connectivity index (χ1n) is 10.3. The Labute approximate surface area is 185 Å². The van der Waals surface area contributed by atoms with Gasteiger partial charge in [-0.05, 0) is 37.5 Å². The molecule has 160 valence electrons. The molecule has 1 aliphatic rings. The lowest BCUT2D eigenvalue weighted by Gasteiger charge is -2.24. The van der Waals surface area contributed by atoms with Gasteiger partial charge in [-0.15, -0.1) is 11.3 Å². The molecule has 1 unspecified atom stereocenters. The third-order valence-corrected chi connectivity index (χ3v) is 6.04. The summed E-state index contributed by atoms with van der Waals surface area (Å²) in [7, 11) is 0. The Hall–Kier alpha value is -3.26. The maximum Gasteiger partial charge on any atom is 0.323 e. The number of hydrogen-bond acceptors (Lipinski definition) is 5. The maximum atomic E-state index is 12.8. The van der Waals surface area contributed by atoms with E-state index >= 15 is 0 Å². The van der Waals surface area contributed by atoms with Crippen molar-refractivity contribution in [2.45, 2.75) is 32.2 Å². The number of carbonyl (C=O) groups is 2. The highest BCUT2D eigenvalue weighted by Gasteiger charge is 2.23. The number of aromatic nitrogens is 2. The highest BCUT2D eigenvalue weighted by atomic mass is 32.1. The first-order valence-corrected chi connectivity index (χ1v) is 11.2. The van der Waals surface area contributed by atoms with Crippen molar-refractivity contribution in [3.05, 3.63) is 76.6 Å². The fourth-order valence-corrected chi connectivity index (χ4v) is 4.34. The Bertz CT molecular complexity index is 1040. The second-order valence-corrected chi connectivity index (χ2v) is 8.44. The predicted molar refractivity (Wildman–Crippen MR) is 121 cm³/mol. The van der Waals surface area contributed by atoms with Gasteiger partial charge in [0.1, 0.15) is 0 Å². The lowest BCUT2D eigenvalue weighted by Crippen LogP contribution is -2.46. The van der Waals surface area contributed by atoms with Gasteiger partial charge in [0.15, 0.2) is 5.13 Å². The van der Waals surface area contributed by atoms with E-state index in [1.54, 1.807) is 11.1 Å². The summed E-state index contributed by atoms with van der Waals surface area (Å²) in [6.45, 7) is 3.38. The maximum absolute atomic E-state index is 12.8. The summed E-state index contributed by atoms with van der Waals surface area (Å²) in [6, 6.07) is 13.6. The smallest absolute Gasteiger partial charge is 0.323 e. The van der Waals surface area contributed by atoms with E-state index in [1.165, 1.54) is 16.9 Å². The second kappa shape index (κ2) is 9.70. The zero-order valence-electron chi connectivity index (χ0n) is 17.4. The van der Waals surface area contributed by atoms with Gasteiger partial charge in [0, 0.05) is 24.7 Å². The number of hydrogen-bond donors (Lipinski definition) is 2. The Morgan fingerprint density at radius 3 is 2.84 bits per heavy atom. The number of nitrogens with zero attached hydrogens (tertiary/aromatic N) is 3. The quantitative estimate of drug-likeness (QED) is 0.595. The van der Waals surface area contributed by atoms with Crippen molar-refractivity contribution in [1.29, 1.82) is 0 Å². The zero-order chi connectivity index (χ0) is 21.6. The van der Waals surface area contributed by atoms with Crippen molar-refractivity contribution in [3.63, 3.8) is 0 Å². The number of benzene rings is 1. The highest BCUT2D eigenvalue weighted by Crippen LogP contribution is 2.23. The summed E-state index contributed by atoms with van der Waals surface area (Å²) in [6.07, 6.45) is 3.42. The molecule has 0 saturated carbocycles. The highest BCUT2D eigenvalue weighted by molar-refractivity contribution is 7.14. The number of urea groups is 1. The number of aryl methyl sites for hydroxylation is 1. The molecule has 31 heavy (non-hydrogen) atoms. The number of nitrogens with one attached hydrogen (secondary N) is 2. The monoisotopic (exact) mass is 435 g/mol. The molecule has 3 amide bonds. The summed E-state index contributed by atoms with van der Waals surface area (Å²) < 4.78 is 0. The zero-order valence-corrected chi connectivity index (χ0v) is 18.2. The summed E-state index contributed by atoms with van der Waals surface area (Å²) >= 11 is 1.38. The Kier molecular flexibility index (Phi) is 6.57. The van der Waals surface area contributed by atoms with Crippen molar-refractivity contribution in [2.24, 2.45) is 0 Å². The third-order valence-electron chi connectivity index (χ3n) is 5.13. The number of carbonyl (C=O) groups excluding carboxylic acids is 2. The summed E-state index contributed by atoms with van der Waals surface area (Å²) in [5.41, 5.74) is 3.81. The Balaban J connectivity index is 1.44. The van der Waals surface area contributed by atoms with E-state index in [2.05, 4.69) is 51.8 Å². The molecule has 0 spiro atoms. The molecule has 1 atom stereocenters. The van der Waals surface area contributed by atoms with Crippen LogP contribution in [-0.4, -0.2) is 35.0 Å². The van der Waals surface area contributed by atoms with Gasteiger partial charge in [-0.2, -0.15) is 0 Å². The molecule has 2 aromatic heterocycles. The summed E-state index contributed by atoms with van der Waals surface area (Å²) in [5, 5.41) is 8.40. The molecule has 3 aromatic rings. The lowest BCUT2D eigenvalue weighted by molar-refractivity contribution is -0.121. The van der Waals surface area contributed by atoms with Crippen LogP contribution in [0.1, 0.15) is 35.0 Å². The van der Waals surface area contributed by atoms with Gasteiger partial charge in [-0.25, -0.2) is 9.78 Å². The minimum Gasteiger partial charge on any atom is -0.347 e. The van der Waals surface area contributed by atoms with Crippen LogP contribution in [-0.2, 0) is 17.6 Å². The van der Waals surface area contributed by atoms with Crippen LogP contribution in [0.25, 0.3) is 0 Å². The molecule has 0 aliphatic carbocycles. The van der Waals surface area contributed by atoms with Gasteiger partial charge in [0.05, 0.1) is 23.9 Å². The summed E-state index contributed by atoms with van der Waals surface area (Å²) in [5.74, 6) is -0.122. The standard InChI is InChI=1S/C23H25N5O2S/c1-16-6-8-17(9-7-16)13-20(19-5-2-3-10-24-19)27-21(29)14-18-15-31-23(26-18)28-12-4-11-25-22(28)30/h2-3,5-10,15,20H,4,11-14H2,1H3,(H,25,30)(H,27,29). The van der Waals surface area contributed by atoms with Gasteiger partial charge < -0.3 is 10.6 Å². The number of amides is 3. The van der Waals surface area contributed by atoms with Crippen LogP contribution in [0.15, 0.2) is 54.0 Å². The van der Waals surface area contributed by atoms with Crippen molar-refractivity contribution in [3.8, 4) is 0 Å². The van der Waals surface area contributed by atoms with E-state index < -0.39 is 0 Å². The minimum absolute atomic E-state index is 0.122. The molecule has 4 rings (SSSR count). The average molecular weight is 436 g/mol. The molecule has 7 nitrogen and oxygen atoms in total. The molecule has 1 aliphatic heterocycles. The van der Waals surface area contributed by atoms with Crippen LogP contribution in [0.5, 0.6) is 0 Å². The number of thiazole rings is 1. The van der Waals surface area contributed by atoms with Crippen LogP contribution in [0.2, 0.25) is 0 Å². The van der Waals surface area contributed by atoms with E-state index in [-0.39, 0.29) is 24.4 Å². The van der Waals surface area contributed by atoms with E-state index in [9.17, 15) is 9.59 Å². The largest absolute Gasteiger partial charge is 0.347 e. The van der Waals surface area contributed by atoms with E-state index in [0.29, 0.717) is 30.3 Å². The molecule has 1 saturated heterocycles. The average Bonchev–Trinajstić information content (AvgIpc) is 3.24. The lowest BCUT2D eigenvalue weighted by atomic mass is 10.0. The molecule has 0 bridgehead atoms. The second-order valence-electron chi connectivity index (χ2n) is 7.60. The van der Waals surface area contributed by atoms with Crippen molar-refractivity contribution in [1.82, 2.24) is 20.6 Å². The molecular formula is C23H25N5O2S. The normalized spacial score (nSPS) is 14.7. The van der Waals surface area contributed by atoms with Crippen LogP contribution in [0.4, 0.5) is 9.93 Å². The molecule has 0 radical (unpaired) electrons. The van der Waals surface area contributed by atoms with Crippen LogP contribution < -0.4 is 15.5 Å². The topological polar surface area (TPSA) is 87.2 Å². The Morgan fingerprint density at radius 2 is 2.10 bits per heavy atom. The van der Waals surface area contributed by atoms with Gasteiger partial charge in [0.25, 0.3) is 0 Å². The molecule has 2 N–H and O–H groups in total. The number of anilines is 1. The number of pyridine rings is 1. The molecule has 1 aromatic carbocycles. The first kappa shape index (κ1) is 21.0. The van der Waals surface area contributed by atoms with Gasteiger partial charge in [0.2, 0.25) is 5.91 Å². The molecule has 8 heteroatoms. The minimum atomic E-state index is -0.234. The molecular weight excluding hydrogens is 410 g/mol. The molecule has 1 fully saturated rings. The fraction of sp³-hybridized carbons (Fsp3) is 0.304. The van der Waals surface area contributed by atoms with Gasteiger partial charge in [-0.3, -0.25) is 14.7 Å². The summed E-state index contributed by atoms with van der Waals surface area (Å²) in [4.78, 5) is 35.4.